The van der Waals surface area contributed by atoms with Gasteiger partial charge in [-0.2, -0.15) is 4.57 Å². The highest BCUT2D eigenvalue weighted by molar-refractivity contribution is 6.01. The summed E-state index contributed by atoms with van der Waals surface area (Å²) in [5.74, 6) is 1.15. The number of esters is 1. The molecule has 67 heavy (non-hydrogen) atoms. The average Bonchev–Trinajstić information content (AvgIpc) is 4.07. The van der Waals surface area contributed by atoms with Crippen LogP contribution in [0.4, 0.5) is 5.69 Å². The average molecular weight is 914 g/mol. The van der Waals surface area contributed by atoms with E-state index in [1.54, 1.807) is 14.2 Å². The van der Waals surface area contributed by atoms with Crippen molar-refractivity contribution in [2.24, 2.45) is 16.7 Å². The van der Waals surface area contributed by atoms with Crippen LogP contribution in [0.25, 0.3) is 27.9 Å². The first-order valence-corrected chi connectivity index (χ1v) is 25.5. The molecule has 2 aliphatic carbocycles. The van der Waals surface area contributed by atoms with Crippen LogP contribution in [0.2, 0.25) is 0 Å². The lowest BCUT2D eigenvalue weighted by Gasteiger charge is -2.44. The number of allylic oxidation sites excluding steroid dienone is 5. The van der Waals surface area contributed by atoms with Crippen molar-refractivity contribution in [3.63, 3.8) is 0 Å². The Morgan fingerprint density at radius 3 is 2.40 bits per heavy atom. The second kappa shape index (κ2) is 22.3. The van der Waals surface area contributed by atoms with E-state index >= 15 is 0 Å². The van der Waals surface area contributed by atoms with Crippen LogP contribution >= 0.6 is 0 Å². The van der Waals surface area contributed by atoms with E-state index in [0.717, 1.165) is 66.4 Å². The molecule has 2 saturated carbocycles. The number of para-hydroxylation sites is 1. The predicted octanol–water partition coefficient (Wildman–Crippen LogP) is 13.1. The number of aromatic nitrogens is 1. The fraction of sp³-hybridized carbons (Fsp3) is 0.552. The summed E-state index contributed by atoms with van der Waals surface area (Å²) in [4.78, 5) is 14.7. The number of benzene rings is 3. The van der Waals surface area contributed by atoms with E-state index < -0.39 is 0 Å². The molecule has 0 radical (unpaired) electrons. The van der Waals surface area contributed by atoms with Crippen molar-refractivity contribution in [1.82, 2.24) is 0 Å². The topological polar surface area (TPSA) is 83.5 Å². The zero-order chi connectivity index (χ0) is 46.9. The molecule has 8 rings (SSSR count). The SMILES string of the molecule is CCOC(=O)CCCCCC1(C)\C(=C/C=C/C=C/c2oc3c4ccccc4ccc3[n+]2CC(C)(C)C2OCCO2)N(CC/C=C(\C2CCC3(CCCCC3)CC2)C(OC)OC)c2ccccc21. The zero-order valence-corrected chi connectivity index (χ0v) is 41.4. The number of anilines is 1. The first-order valence-electron chi connectivity index (χ1n) is 25.5. The second-order valence-electron chi connectivity index (χ2n) is 20.5. The van der Waals surface area contributed by atoms with Crippen molar-refractivity contribution in [1.29, 1.82) is 0 Å². The largest absolute Gasteiger partial charge is 0.466 e. The lowest BCUT2D eigenvalue weighted by atomic mass is 9.62. The number of fused-ring (bicyclic) bond motifs is 4. The zero-order valence-electron chi connectivity index (χ0n) is 41.4. The Labute approximate surface area is 400 Å². The smallest absolute Gasteiger partial charge is 0.374 e. The van der Waals surface area contributed by atoms with Crippen molar-refractivity contribution >= 4 is 39.6 Å². The molecular weight excluding hydrogens is 837 g/mol. The molecule has 1 unspecified atom stereocenters. The van der Waals surface area contributed by atoms with Gasteiger partial charge in [0.25, 0.3) is 5.52 Å². The van der Waals surface area contributed by atoms with Crippen molar-refractivity contribution < 1.29 is 37.5 Å². The van der Waals surface area contributed by atoms with Gasteiger partial charge in [0.15, 0.2) is 19.1 Å². The van der Waals surface area contributed by atoms with Gasteiger partial charge in [-0.3, -0.25) is 4.79 Å². The molecule has 4 aromatic rings. The van der Waals surface area contributed by atoms with E-state index in [1.165, 1.54) is 80.3 Å². The molecule has 3 heterocycles. The van der Waals surface area contributed by atoms with Crippen LogP contribution in [0.5, 0.6) is 0 Å². The maximum absolute atomic E-state index is 12.2. The molecule has 3 fully saturated rings. The van der Waals surface area contributed by atoms with E-state index in [9.17, 15) is 4.79 Å². The van der Waals surface area contributed by atoms with E-state index in [1.807, 2.05) is 6.92 Å². The molecule has 1 atom stereocenters. The van der Waals surface area contributed by atoms with Gasteiger partial charge in [0.1, 0.15) is 0 Å². The van der Waals surface area contributed by atoms with Gasteiger partial charge in [-0.15, -0.1) is 0 Å². The van der Waals surface area contributed by atoms with Crippen molar-refractivity contribution in [2.75, 3.05) is 45.5 Å². The molecule has 1 spiro atoms. The van der Waals surface area contributed by atoms with Crippen LogP contribution in [-0.4, -0.2) is 59.1 Å². The fourth-order valence-corrected chi connectivity index (χ4v) is 12.0. The van der Waals surface area contributed by atoms with E-state index in [4.69, 9.17) is 28.1 Å². The standard InChI is InChI=1S/C58H77N2O7/c1-7-64-52(61)29-13-9-18-34-57(4)47-25-16-17-26-48(47)59(39-21-24-46(54(62-5)63-6)44-32-37-58(38-33-44)35-19-10-20-36-58)50(57)27-11-8-12-28-51-60(42-56(2,3)55-65-40-41-66-55)49-31-30-43-22-14-15-23-45(43)53(49)67-51/h8,11-12,14-17,22-28,30-31,44,54-55H,7,9-10,13,18-21,29,32-42H2,1-6H3/q+1/b46-24+. The van der Waals surface area contributed by atoms with Crippen LogP contribution in [-0.2, 0) is 40.4 Å². The van der Waals surface area contributed by atoms with Gasteiger partial charge >= 0.3 is 11.9 Å². The Hall–Kier alpha value is -4.54. The second-order valence-corrected chi connectivity index (χ2v) is 20.5. The summed E-state index contributed by atoms with van der Waals surface area (Å²) in [6, 6.07) is 21.7. The highest BCUT2D eigenvalue weighted by Crippen LogP contribution is 2.52. The van der Waals surface area contributed by atoms with Crippen LogP contribution < -0.4 is 9.47 Å². The summed E-state index contributed by atoms with van der Waals surface area (Å²) in [5.41, 5.74) is 7.17. The Morgan fingerprint density at radius 2 is 1.64 bits per heavy atom. The minimum Gasteiger partial charge on any atom is -0.466 e. The Bertz CT molecular complexity index is 2400. The van der Waals surface area contributed by atoms with Crippen LogP contribution in [0, 0.1) is 16.7 Å². The minimum absolute atomic E-state index is 0.106. The Kier molecular flexibility index (Phi) is 16.2. The Balaban J connectivity index is 1.08. The highest BCUT2D eigenvalue weighted by atomic mass is 16.7. The van der Waals surface area contributed by atoms with Gasteiger partial charge < -0.3 is 33.0 Å². The normalized spacial score (nSPS) is 21.4. The van der Waals surface area contributed by atoms with Gasteiger partial charge in [-0.1, -0.05) is 98.9 Å². The number of carbonyl (C=O) groups is 1. The molecule has 2 aliphatic heterocycles. The van der Waals surface area contributed by atoms with Gasteiger partial charge in [0.05, 0.1) is 31.3 Å². The molecule has 360 valence electrons. The number of methoxy groups -OCH3 is 2. The number of rotatable bonds is 20. The molecule has 0 N–H and O–H groups in total. The molecule has 4 aliphatic rings. The maximum atomic E-state index is 12.2. The number of carbonyl (C=O) groups excluding carboxylic acids is 1. The molecule has 0 bridgehead atoms. The summed E-state index contributed by atoms with van der Waals surface area (Å²) < 4.78 is 38.3. The number of nitrogens with zero attached hydrogens (tertiary/aromatic N) is 2. The third-order valence-corrected chi connectivity index (χ3v) is 15.5. The molecule has 9 nitrogen and oxygen atoms in total. The molecular formula is C58H77N2O7+. The summed E-state index contributed by atoms with van der Waals surface area (Å²) in [6.45, 7) is 11.8. The van der Waals surface area contributed by atoms with Gasteiger partial charge in [0, 0.05) is 55.4 Å². The van der Waals surface area contributed by atoms with E-state index in [0.29, 0.717) is 44.1 Å². The number of hydrogen-bond donors (Lipinski definition) is 0. The molecule has 1 saturated heterocycles. The third kappa shape index (κ3) is 11.0. The minimum atomic E-state index is -0.333. The van der Waals surface area contributed by atoms with E-state index in [2.05, 4.69) is 127 Å². The van der Waals surface area contributed by atoms with E-state index in [-0.39, 0.29) is 29.4 Å². The summed E-state index contributed by atoms with van der Waals surface area (Å²) in [6.07, 6.45) is 29.8. The fourth-order valence-electron chi connectivity index (χ4n) is 12.0. The van der Waals surface area contributed by atoms with Crippen LogP contribution in [0.15, 0.2) is 107 Å². The number of unbranched alkanes of at least 4 members (excludes halogenated alkanes) is 2. The maximum Gasteiger partial charge on any atom is 0.374 e. The number of hydrogen-bond acceptors (Lipinski definition) is 8. The highest BCUT2D eigenvalue weighted by Gasteiger charge is 2.44. The summed E-state index contributed by atoms with van der Waals surface area (Å²) in [5, 5.41) is 2.24. The van der Waals surface area contributed by atoms with Gasteiger partial charge in [0.2, 0.25) is 5.58 Å². The predicted molar refractivity (Wildman–Crippen MR) is 268 cm³/mol. The number of ether oxygens (including phenoxy) is 5. The molecule has 1 aromatic heterocycles. The molecule has 9 heteroatoms. The number of oxazole rings is 1. The third-order valence-electron chi connectivity index (χ3n) is 15.5. The lowest BCUT2D eigenvalue weighted by molar-refractivity contribution is -0.693. The molecule has 0 amide bonds. The van der Waals surface area contributed by atoms with Crippen LogP contribution in [0.1, 0.15) is 135 Å². The Morgan fingerprint density at radius 1 is 0.896 bits per heavy atom. The first kappa shape index (κ1) is 48.9. The molecule has 3 aromatic carbocycles. The quantitative estimate of drug-likeness (QED) is 0.0217. The van der Waals surface area contributed by atoms with Gasteiger partial charge in [-0.05, 0) is 132 Å². The van der Waals surface area contributed by atoms with Crippen molar-refractivity contribution in [3.05, 3.63) is 114 Å². The lowest BCUT2D eigenvalue weighted by Crippen LogP contribution is -2.47. The summed E-state index contributed by atoms with van der Waals surface area (Å²) >= 11 is 0. The van der Waals surface area contributed by atoms with Gasteiger partial charge in [-0.25, -0.2) is 0 Å². The first-order chi connectivity index (χ1) is 32.6. The van der Waals surface area contributed by atoms with Crippen molar-refractivity contribution in [2.45, 2.75) is 149 Å². The monoisotopic (exact) mass is 914 g/mol. The van der Waals surface area contributed by atoms with Crippen molar-refractivity contribution in [3.8, 4) is 0 Å². The van der Waals surface area contributed by atoms with Crippen LogP contribution in [0.3, 0.4) is 0 Å². The summed E-state index contributed by atoms with van der Waals surface area (Å²) in [7, 11) is 3.56.